The van der Waals surface area contributed by atoms with Crippen LogP contribution in [0.4, 0.5) is 5.82 Å². The molecule has 0 spiro atoms. The minimum atomic E-state index is 0.738. The summed E-state index contributed by atoms with van der Waals surface area (Å²) in [5, 5.41) is 7.62. The van der Waals surface area contributed by atoms with Gasteiger partial charge in [-0.05, 0) is 13.3 Å². The third-order valence-electron chi connectivity index (χ3n) is 2.80. The SMILES string of the molecule is CCCc1cc(NCc2cn(C)nc2C)ncn1. The van der Waals surface area contributed by atoms with Crippen molar-refractivity contribution in [2.75, 3.05) is 5.32 Å². The topological polar surface area (TPSA) is 55.6 Å². The van der Waals surface area contributed by atoms with Gasteiger partial charge in [0.05, 0.1) is 5.69 Å². The highest BCUT2D eigenvalue weighted by molar-refractivity contribution is 5.36. The lowest BCUT2D eigenvalue weighted by Crippen LogP contribution is -2.03. The van der Waals surface area contributed by atoms with Crippen molar-refractivity contribution < 1.29 is 0 Å². The van der Waals surface area contributed by atoms with Crippen molar-refractivity contribution in [2.24, 2.45) is 7.05 Å². The van der Waals surface area contributed by atoms with E-state index in [1.54, 1.807) is 6.33 Å². The Bertz CT molecular complexity index is 518. The van der Waals surface area contributed by atoms with Gasteiger partial charge in [0.2, 0.25) is 0 Å². The van der Waals surface area contributed by atoms with E-state index in [1.807, 2.05) is 30.9 Å². The second kappa shape index (κ2) is 5.62. The van der Waals surface area contributed by atoms with Gasteiger partial charge in [-0.1, -0.05) is 13.3 Å². The molecule has 2 aromatic heterocycles. The molecule has 0 unspecified atom stereocenters. The normalized spacial score (nSPS) is 10.6. The Morgan fingerprint density at radius 3 is 2.83 bits per heavy atom. The number of anilines is 1. The predicted molar refractivity (Wildman–Crippen MR) is 71.3 cm³/mol. The third kappa shape index (κ3) is 3.06. The predicted octanol–water partition coefficient (Wildman–Crippen LogP) is 2.08. The second-order valence-electron chi connectivity index (χ2n) is 4.41. The highest BCUT2D eigenvalue weighted by atomic mass is 15.3. The lowest BCUT2D eigenvalue weighted by atomic mass is 10.2. The Morgan fingerprint density at radius 2 is 2.17 bits per heavy atom. The first kappa shape index (κ1) is 12.5. The van der Waals surface area contributed by atoms with Crippen LogP contribution in [0.2, 0.25) is 0 Å². The standard InChI is InChI=1S/C13H19N5/c1-4-5-12-6-13(16-9-15-12)14-7-11-8-18(3)17-10(11)2/h6,8-9H,4-5,7H2,1-3H3,(H,14,15,16). The average Bonchev–Trinajstić information content (AvgIpc) is 2.66. The Kier molecular flexibility index (Phi) is 3.92. The van der Waals surface area contributed by atoms with Gasteiger partial charge < -0.3 is 5.32 Å². The zero-order valence-electron chi connectivity index (χ0n) is 11.1. The monoisotopic (exact) mass is 245 g/mol. The second-order valence-corrected chi connectivity index (χ2v) is 4.41. The van der Waals surface area contributed by atoms with E-state index in [0.717, 1.165) is 36.6 Å². The summed E-state index contributed by atoms with van der Waals surface area (Å²) < 4.78 is 1.83. The van der Waals surface area contributed by atoms with Gasteiger partial charge in [-0.15, -0.1) is 0 Å². The first-order valence-electron chi connectivity index (χ1n) is 6.23. The maximum absolute atomic E-state index is 4.31. The molecule has 0 aliphatic rings. The van der Waals surface area contributed by atoms with Crippen LogP contribution in [-0.2, 0) is 20.0 Å². The molecule has 0 fully saturated rings. The van der Waals surface area contributed by atoms with Gasteiger partial charge in [-0.2, -0.15) is 5.10 Å². The van der Waals surface area contributed by atoms with Gasteiger partial charge >= 0.3 is 0 Å². The van der Waals surface area contributed by atoms with Crippen LogP contribution in [0.25, 0.3) is 0 Å². The molecule has 0 saturated carbocycles. The molecular formula is C13H19N5. The van der Waals surface area contributed by atoms with Crippen molar-refractivity contribution in [2.45, 2.75) is 33.2 Å². The number of aryl methyl sites for hydroxylation is 3. The van der Waals surface area contributed by atoms with E-state index in [0.29, 0.717) is 0 Å². The first-order valence-corrected chi connectivity index (χ1v) is 6.23. The van der Waals surface area contributed by atoms with Gasteiger partial charge in [-0.3, -0.25) is 4.68 Å². The summed E-state index contributed by atoms with van der Waals surface area (Å²) >= 11 is 0. The fraction of sp³-hybridized carbons (Fsp3) is 0.462. The molecule has 96 valence electrons. The Labute approximate surface area is 107 Å². The summed E-state index contributed by atoms with van der Waals surface area (Å²) in [6, 6.07) is 2.01. The van der Waals surface area contributed by atoms with Crippen molar-refractivity contribution >= 4 is 5.82 Å². The maximum atomic E-state index is 4.31. The van der Waals surface area contributed by atoms with Crippen LogP contribution in [0.1, 0.15) is 30.3 Å². The summed E-state index contributed by atoms with van der Waals surface area (Å²) in [5.41, 5.74) is 3.32. The number of nitrogens with zero attached hydrogens (tertiary/aromatic N) is 4. The van der Waals surface area contributed by atoms with Gasteiger partial charge in [0.1, 0.15) is 12.1 Å². The highest BCUT2D eigenvalue weighted by Gasteiger charge is 2.03. The molecule has 5 nitrogen and oxygen atoms in total. The summed E-state index contributed by atoms with van der Waals surface area (Å²) in [4.78, 5) is 8.46. The molecule has 0 amide bonds. The molecule has 0 aliphatic carbocycles. The summed E-state index contributed by atoms with van der Waals surface area (Å²) in [6.45, 7) is 4.90. The number of aromatic nitrogens is 4. The lowest BCUT2D eigenvalue weighted by Gasteiger charge is -2.05. The molecule has 0 aromatic carbocycles. The smallest absolute Gasteiger partial charge is 0.129 e. The Morgan fingerprint density at radius 1 is 1.33 bits per heavy atom. The summed E-state index contributed by atoms with van der Waals surface area (Å²) in [5.74, 6) is 0.872. The van der Waals surface area contributed by atoms with E-state index in [1.165, 1.54) is 5.56 Å². The molecule has 0 atom stereocenters. The molecule has 0 aliphatic heterocycles. The molecule has 2 rings (SSSR count). The van der Waals surface area contributed by atoms with Gasteiger partial charge in [-0.25, -0.2) is 9.97 Å². The van der Waals surface area contributed by atoms with Crippen LogP contribution in [-0.4, -0.2) is 19.7 Å². The van der Waals surface area contributed by atoms with Gasteiger partial charge in [0.25, 0.3) is 0 Å². The summed E-state index contributed by atoms with van der Waals surface area (Å²) in [6.07, 6.45) is 5.72. The zero-order valence-corrected chi connectivity index (χ0v) is 11.1. The van der Waals surface area contributed by atoms with Gasteiger partial charge in [0.15, 0.2) is 0 Å². The van der Waals surface area contributed by atoms with Crippen molar-refractivity contribution in [3.63, 3.8) is 0 Å². The van der Waals surface area contributed by atoms with Gasteiger partial charge in [0, 0.05) is 37.1 Å². The number of hydrogen-bond donors (Lipinski definition) is 1. The first-order chi connectivity index (χ1) is 8.69. The maximum Gasteiger partial charge on any atom is 0.129 e. The van der Waals surface area contributed by atoms with Crippen LogP contribution in [0.15, 0.2) is 18.6 Å². The molecule has 5 heteroatoms. The molecule has 2 heterocycles. The number of rotatable bonds is 5. The highest BCUT2D eigenvalue weighted by Crippen LogP contribution is 2.10. The average molecular weight is 245 g/mol. The van der Waals surface area contributed by atoms with Crippen LogP contribution in [0, 0.1) is 6.92 Å². The molecule has 0 bridgehead atoms. The molecule has 0 radical (unpaired) electrons. The molecular weight excluding hydrogens is 226 g/mol. The quantitative estimate of drug-likeness (QED) is 0.876. The molecule has 1 N–H and O–H groups in total. The largest absolute Gasteiger partial charge is 0.366 e. The number of nitrogens with one attached hydrogen (secondary N) is 1. The van der Waals surface area contributed by atoms with E-state index in [9.17, 15) is 0 Å². The van der Waals surface area contributed by atoms with E-state index in [4.69, 9.17) is 0 Å². The van der Waals surface area contributed by atoms with E-state index in [2.05, 4.69) is 27.3 Å². The number of hydrogen-bond acceptors (Lipinski definition) is 4. The fourth-order valence-electron chi connectivity index (χ4n) is 1.90. The third-order valence-corrected chi connectivity index (χ3v) is 2.80. The van der Waals surface area contributed by atoms with Crippen LogP contribution >= 0.6 is 0 Å². The molecule has 0 saturated heterocycles. The Hall–Kier alpha value is -1.91. The summed E-state index contributed by atoms with van der Waals surface area (Å²) in [7, 11) is 1.93. The fourth-order valence-corrected chi connectivity index (χ4v) is 1.90. The van der Waals surface area contributed by atoms with Crippen molar-refractivity contribution in [3.8, 4) is 0 Å². The van der Waals surface area contributed by atoms with E-state index >= 15 is 0 Å². The van der Waals surface area contributed by atoms with E-state index in [-0.39, 0.29) is 0 Å². The van der Waals surface area contributed by atoms with Crippen molar-refractivity contribution in [3.05, 3.63) is 35.5 Å². The minimum Gasteiger partial charge on any atom is -0.366 e. The van der Waals surface area contributed by atoms with Crippen LogP contribution in [0.3, 0.4) is 0 Å². The Balaban J connectivity index is 2.01. The zero-order chi connectivity index (χ0) is 13.0. The van der Waals surface area contributed by atoms with E-state index < -0.39 is 0 Å². The molecule has 18 heavy (non-hydrogen) atoms. The van der Waals surface area contributed by atoms with Crippen molar-refractivity contribution in [1.82, 2.24) is 19.7 Å². The van der Waals surface area contributed by atoms with Crippen LogP contribution < -0.4 is 5.32 Å². The lowest BCUT2D eigenvalue weighted by molar-refractivity contribution is 0.756. The van der Waals surface area contributed by atoms with Crippen molar-refractivity contribution in [1.29, 1.82) is 0 Å². The molecule has 2 aromatic rings. The minimum absolute atomic E-state index is 0.738. The van der Waals surface area contributed by atoms with Crippen LogP contribution in [0.5, 0.6) is 0 Å².